The predicted molar refractivity (Wildman–Crippen MR) is 86.2 cm³/mol. The number of amides is 2. The van der Waals surface area contributed by atoms with Crippen LogP contribution < -0.4 is 16.4 Å². The quantitative estimate of drug-likeness (QED) is 0.704. The molecule has 0 aromatic carbocycles. The molecule has 0 spiro atoms. The molecule has 22 heavy (non-hydrogen) atoms. The van der Waals surface area contributed by atoms with Crippen LogP contribution in [0.1, 0.15) is 54.9 Å². The fourth-order valence-electron chi connectivity index (χ4n) is 2.69. The molecule has 0 saturated heterocycles. The number of nitrogens with two attached hydrogens (primary N) is 1. The van der Waals surface area contributed by atoms with E-state index in [1.807, 2.05) is 41.5 Å². The summed E-state index contributed by atoms with van der Waals surface area (Å²) in [6, 6.07) is -0.630. The Kier molecular flexibility index (Phi) is 5.30. The average Bonchev–Trinajstić information content (AvgIpc) is 2.35. The summed E-state index contributed by atoms with van der Waals surface area (Å²) in [6.45, 7) is 13.7. The van der Waals surface area contributed by atoms with Gasteiger partial charge in [0, 0.05) is 24.0 Å². The van der Waals surface area contributed by atoms with Crippen molar-refractivity contribution >= 4 is 11.8 Å². The third kappa shape index (κ3) is 3.60. The van der Waals surface area contributed by atoms with E-state index < -0.39 is 17.0 Å². The van der Waals surface area contributed by atoms with Crippen LogP contribution in [0.2, 0.25) is 0 Å². The van der Waals surface area contributed by atoms with Crippen molar-refractivity contribution in [2.45, 2.75) is 78.1 Å². The fraction of sp³-hybridized carbons (Fsp3) is 0.875. The summed E-state index contributed by atoms with van der Waals surface area (Å²) in [5, 5.41) is 5.57. The van der Waals surface area contributed by atoms with Crippen molar-refractivity contribution in [3.8, 4) is 0 Å². The van der Waals surface area contributed by atoms with Crippen LogP contribution in [0.25, 0.3) is 0 Å². The summed E-state index contributed by atoms with van der Waals surface area (Å²) >= 11 is 0. The van der Waals surface area contributed by atoms with Crippen LogP contribution >= 0.6 is 0 Å². The largest absolute Gasteiger partial charge is 0.378 e. The normalized spacial score (nSPS) is 28.5. The van der Waals surface area contributed by atoms with Crippen LogP contribution in [0.4, 0.5) is 0 Å². The maximum Gasteiger partial charge on any atom is 0.242 e. The zero-order valence-electron chi connectivity index (χ0n) is 14.9. The molecule has 1 aliphatic carbocycles. The Labute approximate surface area is 133 Å². The van der Waals surface area contributed by atoms with E-state index in [9.17, 15) is 9.59 Å². The lowest BCUT2D eigenvalue weighted by atomic mass is 9.54. The summed E-state index contributed by atoms with van der Waals surface area (Å²) in [4.78, 5) is 24.6. The minimum absolute atomic E-state index is 0.0352. The van der Waals surface area contributed by atoms with Gasteiger partial charge in [-0.1, -0.05) is 13.8 Å². The van der Waals surface area contributed by atoms with Crippen LogP contribution in [0.15, 0.2) is 0 Å². The third-order valence-electron chi connectivity index (χ3n) is 4.47. The van der Waals surface area contributed by atoms with Gasteiger partial charge in [0.25, 0.3) is 0 Å². The van der Waals surface area contributed by atoms with Crippen LogP contribution in [0, 0.1) is 5.41 Å². The van der Waals surface area contributed by atoms with Crippen molar-refractivity contribution < 1.29 is 14.3 Å². The van der Waals surface area contributed by atoms with Gasteiger partial charge in [0.1, 0.15) is 11.6 Å². The Hall–Kier alpha value is -1.14. The minimum atomic E-state index is -1.01. The Morgan fingerprint density at radius 2 is 1.91 bits per heavy atom. The number of hydrogen-bond acceptors (Lipinski definition) is 4. The lowest BCUT2D eigenvalue weighted by Gasteiger charge is -2.57. The molecule has 0 radical (unpaired) electrons. The van der Waals surface area contributed by atoms with Gasteiger partial charge in [0.05, 0.1) is 6.10 Å². The number of nitrogens with one attached hydrogen (secondary N) is 2. The standard InChI is InChI=1S/C16H31N3O3/c1-8-22-11-9-16(17,15(11,6)7)13(21)18-10(2)12(20)19-14(3,4)5/h10-11H,8-9,17H2,1-7H3,(H,18,21)(H,19,20). The Morgan fingerprint density at radius 3 is 2.32 bits per heavy atom. The number of hydrogen-bond donors (Lipinski definition) is 3. The molecule has 6 nitrogen and oxygen atoms in total. The van der Waals surface area contributed by atoms with Crippen LogP contribution in [0.3, 0.4) is 0 Å². The lowest BCUT2D eigenvalue weighted by molar-refractivity contribution is -0.171. The second-order valence-electron chi connectivity index (χ2n) is 7.78. The number of rotatable bonds is 5. The van der Waals surface area contributed by atoms with Gasteiger partial charge < -0.3 is 21.1 Å². The monoisotopic (exact) mass is 313 g/mol. The number of ether oxygens (including phenoxy) is 1. The van der Waals surface area contributed by atoms with Gasteiger partial charge in [-0.05, 0) is 34.6 Å². The lowest BCUT2D eigenvalue weighted by Crippen LogP contribution is -2.76. The van der Waals surface area contributed by atoms with Gasteiger partial charge in [-0.3, -0.25) is 9.59 Å². The van der Waals surface area contributed by atoms with E-state index in [1.54, 1.807) is 6.92 Å². The first-order valence-corrected chi connectivity index (χ1v) is 7.88. The highest BCUT2D eigenvalue weighted by Gasteiger charge is 2.63. The maximum atomic E-state index is 12.5. The average molecular weight is 313 g/mol. The van der Waals surface area contributed by atoms with Crippen molar-refractivity contribution in [2.24, 2.45) is 11.1 Å². The molecule has 2 amide bonds. The highest BCUT2D eigenvalue weighted by molar-refractivity contribution is 5.93. The number of carbonyl (C=O) groups is 2. The molecule has 0 bridgehead atoms. The van der Waals surface area contributed by atoms with Gasteiger partial charge >= 0.3 is 0 Å². The van der Waals surface area contributed by atoms with Crippen molar-refractivity contribution in [1.82, 2.24) is 10.6 Å². The SMILES string of the molecule is CCOC1CC(N)(C(=O)NC(C)C(=O)NC(C)(C)C)C1(C)C. The van der Waals surface area contributed by atoms with E-state index in [4.69, 9.17) is 10.5 Å². The summed E-state index contributed by atoms with van der Waals surface area (Å²) in [5.74, 6) is -0.520. The molecular formula is C16H31N3O3. The third-order valence-corrected chi connectivity index (χ3v) is 4.47. The van der Waals surface area contributed by atoms with E-state index in [0.29, 0.717) is 13.0 Å². The predicted octanol–water partition coefficient (Wildman–Crippen LogP) is 0.938. The molecule has 3 unspecified atom stereocenters. The molecule has 1 aliphatic rings. The molecule has 128 valence electrons. The van der Waals surface area contributed by atoms with E-state index in [2.05, 4.69) is 10.6 Å². The molecule has 1 rings (SSSR count). The van der Waals surface area contributed by atoms with Gasteiger partial charge in [-0.2, -0.15) is 0 Å². The molecular weight excluding hydrogens is 282 g/mol. The summed E-state index contributed by atoms with van der Waals surface area (Å²) in [7, 11) is 0. The molecule has 0 aromatic rings. The van der Waals surface area contributed by atoms with Crippen molar-refractivity contribution in [3.63, 3.8) is 0 Å². The zero-order valence-corrected chi connectivity index (χ0v) is 14.9. The van der Waals surface area contributed by atoms with Gasteiger partial charge in [-0.25, -0.2) is 0 Å². The molecule has 1 saturated carbocycles. The van der Waals surface area contributed by atoms with E-state index in [-0.39, 0.29) is 23.5 Å². The maximum absolute atomic E-state index is 12.5. The van der Waals surface area contributed by atoms with E-state index in [1.165, 1.54) is 0 Å². The van der Waals surface area contributed by atoms with Gasteiger partial charge in [0.2, 0.25) is 11.8 Å². The smallest absolute Gasteiger partial charge is 0.242 e. The Balaban J connectivity index is 2.68. The molecule has 0 aromatic heterocycles. The van der Waals surface area contributed by atoms with Crippen LogP contribution in [0.5, 0.6) is 0 Å². The zero-order chi connectivity index (χ0) is 17.3. The first-order valence-electron chi connectivity index (χ1n) is 7.88. The first kappa shape index (κ1) is 18.9. The number of carbonyl (C=O) groups excluding carboxylic acids is 2. The van der Waals surface area contributed by atoms with Crippen molar-refractivity contribution in [2.75, 3.05) is 6.61 Å². The van der Waals surface area contributed by atoms with E-state index >= 15 is 0 Å². The van der Waals surface area contributed by atoms with E-state index in [0.717, 1.165) is 0 Å². The first-order chi connectivity index (χ1) is 9.85. The molecule has 3 atom stereocenters. The Bertz CT molecular complexity index is 442. The molecule has 1 fully saturated rings. The highest BCUT2D eigenvalue weighted by atomic mass is 16.5. The Morgan fingerprint density at radius 1 is 1.36 bits per heavy atom. The topological polar surface area (TPSA) is 93.4 Å². The van der Waals surface area contributed by atoms with Crippen molar-refractivity contribution in [1.29, 1.82) is 0 Å². The van der Waals surface area contributed by atoms with Crippen LogP contribution in [-0.2, 0) is 14.3 Å². The summed E-state index contributed by atoms with van der Waals surface area (Å²) < 4.78 is 5.62. The summed E-state index contributed by atoms with van der Waals surface area (Å²) in [5.41, 5.74) is 4.48. The highest BCUT2D eigenvalue weighted by Crippen LogP contribution is 2.49. The second-order valence-corrected chi connectivity index (χ2v) is 7.78. The molecule has 4 N–H and O–H groups in total. The van der Waals surface area contributed by atoms with Crippen LogP contribution in [-0.4, -0.2) is 41.6 Å². The van der Waals surface area contributed by atoms with Gasteiger partial charge in [0.15, 0.2) is 0 Å². The molecule has 6 heteroatoms. The summed E-state index contributed by atoms with van der Waals surface area (Å²) in [6.07, 6.45) is 0.430. The second kappa shape index (κ2) is 6.16. The van der Waals surface area contributed by atoms with Gasteiger partial charge in [-0.15, -0.1) is 0 Å². The molecule has 0 heterocycles. The minimum Gasteiger partial charge on any atom is -0.378 e. The fourth-order valence-corrected chi connectivity index (χ4v) is 2.69. The molecule has 0 aliphatic heterocycles. The van der Waals surface area contributed by atoms with Crippen molar-refractivity contribution in [3.05, 3.63) is 0 Å².